The number of hydrogen-bond donors (Lipinski definition) is 1. The molecule has 1 amide bonds. The van der Waals surface area contributed by atoms with E-state index in [0.29, 0.717) is 11.4 Å². The quantitative estimate of drug-likeness (QED) is 0.775. The molecule has 0 bridgehead atoms. The van der Waals surface area contributed by atoms with Crippen molar-refractivity contribution in [1.82, 2.24) is 14.6 Å². The van der Waals surface area contributed by atoms with Crippen molar-refractivity contribution in [3.8, 4) is 0 Å². The molecule has 5 nitrogen and oxygen atoms in total. The van der Waals surface area contributed by atoms with Crippen LogP contribution < -0.4 is 5.32 Å². The summed E-state index contributed by atoms with van der Waals surface area (Å²) in [6, 6.07) is 9.19. The second-order valence-corrected chi connectivity index (χ2v) is 5.70. The second kappa shape index (κ2) is 5.29. The third kappa shape index (κ3) is 2.80. The first-order chi connectivity index (χ1) is 10.0. The Bertz CT molecular complexity index is 841. The van der Waals surface area contributed by atoms with Gasteiger partial charge in [-0.25, -0.2) is 9.50 Å². The van der Waals surface area contributed by atoms with Gasteiger partial charge in [-0.2, -0.15) is 5.10 Å². The molecule has 1 N–H and O–H groups in total. The number of fused-ring (bicyclic) bond motifs is 1. The molecule has 0 fully saturated rings. The molecule has 106 valence electrons. The SMILES string of the molecule is Cc1ccc(NC(=O)c2ccc3nc(C)cn3n2)c(Br)c1. The lowest BCUT2D eigenvalue weighted by atomic mass is 10.2. The number of carbonyl (C=O) groups excluding carboxylic acids is 1. The summed E-state index contributed by atoms with van der Waals surface area (Å²) >= 11 is 3.44. The minimum absolute atomic E-state index is 0.257. The average molecular weight is 345 g/mol. The van der Waals surface area contributed by atoms with Crippen molar-refractivity contribution in [3.63, 3.8) is 0 Å². The number of amides is 1. The highest BCUT2D eigenvalue weighted by Crippen LogP contribution is 2.23. The molecule has 21 heavy (non-hydrogen) atoms. The molecule has 0 unspecified atom stereocenters. The van der Waals surface area contributed by atoms with Gasteiger partial charge in [0.15, 0.2) is 5.65 Å². The Balaban J connectivity index is 1.89. The molecular weight excluding hydrogens is 332 g/mol. The minimum atomic E-state index is -0.257. The van der Waals surface area contributed by atoms with E-state index >= 15 is 0 Å². The number of nitrogens with zero attached hydrogens (tertiary/aromatic N) is 3. The number of rotatable bonds is 2. The van der Waals surface area contributed by atoms with Crippen molar-refractivity contribution in [1.29, 1.82) is 0 Å². The Kier molecular flexibility index (Phi) is 3.47. The lowest BCUT2D eigenvalue weighted by Crippen LogP contribution is -2.15. The van der Waals surface area contributed by atoms with E-state index in [2.05, 4.69) is 31.3 Å². The lowest BCUT2D eigenvalue weighted by Gasteiger charge is -2.07. The predicted octanol–water partition coefficient (Wildman–Crippen LogP) is 3.36. The molecule has 0 saturated carbocycles. The smallest absolute Gasteiger partial charge is 0.276 e. The fourth-order valence-electron chi connectivity index (χ4n) is 2.03. The van der Waals surface area contributed by atoms with Crippen LogP contribution >= 0.6 is 15.9 Å². The number of benzene rings is 1. The van der Waals surface area contributed by atoms with Crippen LogP contribution in [0.15, 0.2) is 41.0 Å². The summed E-state index contributed by atoms with van der Waals surface area (Å²) in [6.45, 7) is 3.88. The number of halogens is 1. The normalized spacial score (nSPS) is 10.8. The van der Waals surface area contributed by atoms with E-state index in [1.54, 1.807) is 22.8 Å². The van der Waals surface area contributed by atoms with Crippen LogP contribution in [0, 0.1) is 13.8 Å². The molecule has 0 saturated heterocycles. The number of anilines is 1. The summed E-state index contributed by atoms with van der Waals surface area (Å²) in [5.74, 6) is -0.257. The molecule has 0 atom stereocenters. The minimum Gasteiger partial charge on any atom is -0.320 e. The molecule has 0 spiro atoms. The van der Waals surface area contributed by atoms with Gasteiger partial charge in [-0.05, 0) is 59.6 Å². The molecular formula is C15H13BrN4O. The largest absolute Gasteiger partial charge is 0.320 e. The summed E-state index contributed by atoms with van der Waals surface area (Å²) in [7, 11) is 0. The summed E-state index contributed by atoms with van der Waals surface area (Å²) in [5.41, 5.74) is 3.76. The topological polar surface area (TPSA) is 59.3 Å². The molecule has 6 heteroatoms. The zero-order valence-corrected chi connectivity index (χ0v) is 13.2. The van der Waals surface area contributed by atoms with E-state index in [0.717, 1.165) is 21.4 Å². The van der Waals surface area contributed by atoms with E-state index in [-0.39, 0.29) is 5.91 Å². The molecule has 2 heterocycles. The summed E-state index contributed by atoms with van der Waals surface area (Å²) in [6.07, 6.45) is 1.79. The van der Waals surface area contributed by atoms with E-state index in [4.69, 9.17) is 0 Å². The van der Waals surface area contributed by atoms with Crippen molar-refractivity contribution in [2.45, 2.75) is 13.8 Å². The van der Waals surface area contributed by atoms with Gasteiger partial charge in [0.25, 0.3) is 5.91 Å². The fraction of sp³-hybridized carbons (Fsp3) is 0.133. The Morgan fingerprint density at radius 1 is 1.24 bits per heavy atom. The number of carbonyl (C=O) groups is 1. The van der Waals surface area contributed by atoms with Crippen LogP contribution in [0.2, 0.25) is 0 Å². The summed E-state index contributed by atoms with van der Waals surface area (Å²) in [4.78, 5) is 16.6. The highest BCUT2D eigenvalue weighted by Gasteiger charge is 2.11. The lowest BCUT2D eigenvalue weighted by molar-refractivity contribution is 0.102. The highest BCUT2D eigenvalue weighted by atomic mass is 79.9. The van der Waals surface area contributed by atoms with Crippen molar-refractivity contribution >= 4 is 33.2 Å². The first-order valence-electron chi connectivity index (χ1n) is 6.43. The summed E-state index contributed by atoms with van der Waals surface area (Å²) < 4.78 is 2.45. The van der Waals surface area contributed by atoms with Gasteiger partial charge in [0.05, 0.1) is 17.6 Å². The molecule has 2 aromatic heterocycles. The Hall–Kier alpha value is -2.21. The Morgan fingerprint density at radius 2 is 2.05 bits per heavy atom. The number of aromatic nitrogens is 3. The maximum Gasteiger partial charge on any atom is 0.276 e. The van der Waals surface area contributed by atoms with Gasteiger partial charge < -0.3 is 5.32 Å². The van der Waals surface area contributed by atoms with Crippen LogP contribution in [0.4, 0.5) is 5.69 Å². The molecule has 0 aliphatic heterocycles. The molecule has 0 radical (unpaired) electrons. The van der Waals surface area contributed by atoms with Crippen LogP contribution in [0.25, 0.3) is 5.65 Å². The van der Waals surface area contributed by atoms with Crippen molar-refractivity contribution in [3.05, 3.63) is 58.0 Å². The number of imidazole rings is 1. The maximum atomic E-state index is 12.3. The van der Waals surface area contributed by atoms with Gasteiger partial charge in [0, 0.05) is 4.47 Å². The van der Waals surface area contributed by atoms with Gasteiger partial charge in [0.1, 0.15) is 5.69 Å². The Morgan fingerprint density at radius 3 is 2.81 bits per heavy atom. The van der Waals surface area contributed by atoms with Crippen LogP contribution in [-0.2, 0) is 0 Å². The van der Waals surface area contributed by atoms with Crippen molar-refractivity contribution < 1.29 is 4.79 Å². The predicted molar refractivity (Wildman–Crippen MR) is 84.6 cm³/mol. The zero-order chi connectivity index (χ0) is 15.0. The van der Waals surface area contributed by atoms with Gasteiger partial charge in [0.2, 0.25) is 0 Å². The maximum absolute atomic E-state index is 12.3. The average Bonchev–Trinajstić information content (AvgIpc) is 2.80. The van der Waals surface area contributed by atoms with Gasteiger partial charge in [-0.3, -0.25) is 4.79 Å². The highest BCUT2D eigenvalue weighted by molar-refractivity contribution is 9.10. The summed E-state index contributed by atoms with van der Waals surface area (Å²) in [5, 5.41) is 7.11. The molecule has 3 aromatic rings. The first kappa shape index (κ1) is 13.8. The second-order valence-electron chi connectivity index (χ2n) is 4.84. The number of hydrogen-bond acceptors (Lipinski definition) is 3. The zero-order valence-electron chi connectivity index (χ0n) is 11.6. The molecule has 1 aromatic carbocycles. The van der Waals surface area contributed by atoms with Crippen LogP contribution in [0.5, 0.6) is 0 Å². The van der Waals surface area contributed by atoms with Crippen molar-refractivity contribution in [2.24, 2.45) is 0 Å². The first-order valence-corrected chi connectivity index (χ1v) is 7.23. The number of aryl methyl sites for hydroxylation is 2. The fourth-order valence-corrected chi connectivity index (χ4v) is 2.62. The van der Waals surface area contributed by atoms with Crippen LogP contribution in [0.1, 0.15) is 21.7 Å². The van der Waals surface area contributed by atoms with Crippen LogP contribution in [-0.4, -0.2) is 20.5 Å². The van der Waals surface area contributed by atoms with Gasteiger partial charge in [-0.15, -0.1) is 0 Å². The van der Waals surface area contributed by atoms with E-state index < -0.39 is 0 Å². The van der Waals surface area contributed by atoms with Gasteiger partial charge >= 0.3 is 0 Å². The van der Waals surface area contributed by atoms with Gasteiger partial charge in [-0.1, -0.05) is 6.07 Å². The Labute approximate surface area is 130 Å². The monoisotopic (exact) mass is 344 g/mol. The van der Waals surface area contributed by atoms with E-state index in [9.17, 15) is 4.79 Å². The van der Waals surface area contributed by atoms with Crippen molar-refractivity contribution in [2.75, 3.05) is 5.32 Å². The third-order valence-electron chi connectivity index (χ3n) is 3.05. The number of nitrogens with one attached hydrogen (secondary N) is 1. The standard InChI is InChI=1S/C15H13BrN4O/c1-9-3-4-12(11(16)7-9)18-15(21)13-5-6-14-17-10(2)8-20(14)19-13/h3-8H,1-2H3,(H,18,21). The third-order valence-corrected chi connectivity index (χ3v) is 3.70. The van der Waals surface area contributed by atoms with Crippen LogP contribution in [0.3, 0.4) is 0 Å². The van der Waals surface area contributed by atoms with E-state index in [1.807, 2.05) is 32.0 Å². The van der Waals surface area contributed by atoms with E-state index in [1.165, 1.54) is 0 Å². The molecule has 3 rings (SSSR count). The molecule has 0 aliphatic rings. The molecule has 0 aliphatic carbocycles.